The summed E-state index contributed by atoms with van der Waals surface area (Å²) in [5.41, 5.74) is 5.61. The number of nitrogens with two attached hydrogens (primary N) is 1. The third-order valence-corrected chi connectivity index (χ3v) is 2.00. The molecule has 14 heavy (non-hydrogen) atoms. The van der Waals surface area contributed by atoms with Crippen LogP contribution in [0.3, 0.4) is 0 Å². The van der Waals surface area contributed by atoms with E-state index in [1.54, 1.807) is 24.9 Å². The van der Waals surface area contributed by atoms with Crippen molar-refractivity contribution in [3.8, 4) is 0 Å². The smallest absolute Gasteiger partial charge is 0.239 e. The van der Waals surface area contributed by atoms with E-state index in [1.165, 1.54) is 0 Å². The quantitative estimate of drug-likeness (QED) is 0.598. The SMILES string of the molecule is C=CCC(N)C(=O)N(C)CCC(C)O. The Labute approximate surface area is 85.4 Å². The number of hydrogen-bond donors (Lipinski definition) is 2. The molecule has 0 heterocycles. The minimum atomic E-state index is -0.508. The first-order valence-electron chi connectivity index (χ1n) is 4.78. The van der Waals surface area contributed by atoms with Gasteiger partial charge in [0, 0.05) is 13.6 Å². The fourth-order valence-corrected chi connectivity index (χ4v) is 1.05. The van der Waals surface area contributed by atoms with E-state index in [4.69, 9.17) is 10.8 Å². The maximum atomic E-state index is 11.5. The third kappa shape index (κ3) is 4.99. The zero-order valence-electron chi connectivity index (χ0n) is 8.94. The van der Waals surface area contributed by atoms with E-state index >= 15 is 0 Å². The summed E-state index contributed by atoms with van der Waals surface area (Å²) in [6.07, 6.45) is 2.30. The number of rotatable bonds is 6. The molecule has 1 amide bonds. The van der Waals surface area contributed by atoms with Crippen molar-refractivity contribution in [3.63, 3.8) is 0 Å². The first kappa shape index (κ1) is 13.1. The molecule has 0 rings (SSSR count). The second-order valence-corrected chi connectivity index (χ2v) is 3.53. The van der Waals surface area contributed by atoms with Crippen LogP contribution in [0, 0.1) is 0 Å². The molecule has 0 aromatic rings. The van der Waals surface area contributed by atoms with Gasteiger partial charge in [-0.25, -0.2) is 0 Å². The minimum Gasteiger partial charge on any atom is -0.393 e. The number of likely N-dealkylation sites (N-methyl/N-ethyl adjacent to an activating group) is 1. The monoisotopic (exact) mass is 200 g/mol. The van der Waals surface area contributed by atoms with E-state index in [9.17, 15) is 4.79 Å². The van der Waals surface area contributed by atoms with E-state index < -0.39 is 6.04 Å². The Morgan fingerprint density at radius 3 is 2.71 bits per heavy atom. The molecule has 82 valence electrons. The van der Waals surface area contributed by atoms with Gasteiger partial charge in [0.15, 0.2) is 0 Å². The Hall–Kier alpha value is -0.870. The van der Waals surface area contributed by atoms with Crippen molar-refractivity contribution < 1.29 is 9.90 Å². The molecule has 0 saturated heterocycles. The summed E-state index contributed by atoms with van der Waals surface area (Å²) in [5, 5.41) is 9.04. The van der Waals surface area contributed by atoms with Crippen molar-refractivity contribution >= 4 is 5.91 Å². The maximum absolute atomic E-state index is 11.5. The van der Waals surface area contributed by atoms with Crippen LogP contribution in [-0.4, -0.2) is 41.7 Å². The topological polar surface area (TPSA) is 66.6 Å². The number of carbonyl (C=O) groups excluding carboxylic acids is 1. The van der Waals surface area contributed by atoms with Crippen LogP contribution in [0.15, 0.2) is 12.7 Å². The third-order valence-electron chi connectivity index (χ3n) is 2.00. The van der Waals surface area contributed by atoms with Crippen molar-refractivity contribution in [2.75, 3.05) is 13.6 Å². The highest BCUT2D eigenvalue weighted by Crippen LogP contribution is 1.98. The van der Waals surface area contributed by atoms with Crippen LogP contribution in [0.1, 0.15) is 19.8 Å². The zero-order valence-corrected chi connectivity index (χ0v) is 8.94. The molecule has 0 spiro atoms. The Bertz CT molecular complexity index is 193. The Morgan fingerprint density at radius 2 is 2.29 bits per heavy atom. The van der Waals surface area contributed by atoms with Crippen molar-refractivity contribution in [1.82, 2.24) is 4.90 Å². The van der Waals surface area contributed by atoms with Gasteiger partial charge < -0.3 is 15.7 Å². The number of hydrogen-bond acceptors (Lipinski definition) is 3. The molecular formula is C10H20N2O2. The molecule has 0 aliphatic heterocycles. The van der Waals surface area contributed by atoms with E-state index in [1.807, 2.05) is 0 Å². The van der Waals surface area contributed by atoms with Crippen LogP contribution >= 0.6 is 0 Å². The molecule has 0 aliphatic rings. The van der Waals surface area contributed by atoms with Crippen molar-refractivity contribution in [3.05, 3.63) is 12.7 Å². The van der Waals surface area contributed by atoms with E-state index in [2.05, 4.69) is 6.58 Å². The average molecular weight is 200 g/mol. The van der Waals surface area contributed by atoms with Gasteiger partial charge in [-0.05, 0) is 19.8 Å². The molecule has 0 bridgehead atoms. The molecule has 0 aliphatic carbocycles. The number of aliphatic hydroxyl groups excluding tert-OH is 1. The molecule has 0 saturated carbocycles. The summed E-state index contributed by atoms with van der Waals surface area (Å²) in [6.45, 7) is 5.75. The lowest BCUT2D eigenvalue weighted by Crippen LogP contribution is -2.42. The molecule has 4 nitrogen and oxygen atoms in total. The number of nitrogens with zero attached hydrogens (tertiary/aromatic N) is 1. The first-order valence-corrected chi connectivity index (χ1v) is 4.78. The highest BCUT2D eigenvalue weighted by atomic mass is 16.3. The van der Waals surface area contributed by atoms with Crippen molar-refractivity contribution in [1.29, 1.82) is 0 Å². The Kier molecular flexibility index (Phi) is 6.16. The first-order chi connectivity index (χ1) is 6.49. The second-order valence-electron chi connectivity index (χ2n) is 3.53. The lowest BCUT2D eigenvalue weighted by Gasteiger charge is -2.21. The van der Waals surface area contributed by atoms with Gasteiger partial charge in [0.25, 0.3) is 0 Å². The van der Waals surface area contributed by atoms with E-state index in [0.717, 1.165) is 0 Å². The maximum Gasteiger partial charge on any atom is 0.239 e. The second kappa shape index (κ2) is 6.56. The highest BCUT2D eigenvalue weighted by molar-refractivity contribution is 5.81. The lowest BCUT2D eigenvalue weighted by molar-refractivity contribution is -0.131. The molecule has 0 aromatic carbocycles. The highest BCUT2D eigenvalue weighted by Gasteiger charge is 2.16. The van der Waals surface area contributed by atoms with Gasteiger partial charge in [0.1, 0.15) is 0 Å². The normalized spacial score (nSPS) is 14.6. The van der Waals surface area contributed by atoms with Gasteiger partial charge in [0.05, 0.1) is 12.1 Å². The van der Waals surface area contributed by atoms with Crippen molar-refractivity contribution in [2.45, 2.75) is 31.9 Å². The van der Waals surface area contributed by atoms with E-state index in [-0.39, 0.29) is 12.0 Å². The number of carbonyl (C=O) groups is 1. The van der Waals surface area contributed by atoms with Gasteiger partial charge in [-0.1, -0.05) is 6.08 Å². The van der Waals surface area contributed by atoms with Gasteiger partial charge >= 0.3 is 0 Å². The van der Waals surface area contributed by atoms with Gasteiger partial charge in [-0.15, -0.1) is 6.58 Å². The van der Waals surface area contributed by atoms with Crippen LogP contribution in [0.5, 0.6) is 0 Å². The largest absolute Gasteiger partial charge is 0.393 e. The van der Waals surface area contributed by atoms with E-state index in [0.29, 0.717) is 19.4 Å². The zero-order chi connectivity index (χ0) is 11.1. The molecule has 2 unspecified atom stereocenters. The molecular weight excluding hydrogens is 180 g/mol. The van der Waals surface area contributed by atoms with Crippen LogP contribution in [0.25, 0.3) is 0 Å². The summed E-state index contributed by atoms with van der Waals surface area (Å²) < 4.78 is 0. The number of aliphatic hydroxyl groups is 1. The summed E-state index contributed by atoms with van der Waals surface area (Å²) in [7, 11) is 1.69. The van der Waals surface area contributed by atoms with Crippen LogP contribution in [0.2, 0.25) is 0 Å². The molecule has 3 N–H and O–H groups in total. The predicted octanol–water partition coefficient (Wildman–Crippen LogP) is 0.119. The fourth-order valence-electron chi connectivity index (χ4n) is 1.05. The van der Waals surface area contributed by atoms with Crippen LogP contribution in [-0.2, 0) is 4.79 Å². The summed E-state index contributed by atoms with van der Waals surface area (Å²) >= 11 is 0. The minimum absolute atomic E-state index is 0.106. The van der Waals surface area contributed by atoms with Gasteiger partial charge in [-0.2, -0.15) is 0 Å². The van der Waals surface area contributed by atoms with Gasteiger partial charge in [-0.3, -0.25) is 4.79 Å². The lowest BCUT2D eigenvalue weighted by atomic mass is 10.2. The van der Waals surface area contributed by atoms with Gasteiger partial charge in [0.2, 0.25) is 5.91 Å². The number of amides is 1. The predicted molar refractivity (Wildman–Crippen MR) is 56.7 cm³/mol. The molecule has 0 fully saturated rings. The summed E-state index contributed by atoms with van der Waals surface area (Å²) in [5.74, 6) is -0.106. The standard InChI is InChI=1S/C10H20N2O2/c1-4-5-9(11)10(14)12(3)7-6-8(2)13/h4,8-9,13H,1,5-7,11H2,2-3H3. The Balaban J connectivity index is 3.91. The fraction of sp³-hybridized carbons (Fsp3) is 0.700. The molecule has 2 atom stereocenters. The average Bonchev–Trinajstić information content (AvgIpc) is 2.13. The van der Waals surface area contributed by atoms with Crippen LogP contribution < -0.4 is 5.73 Å². The molecule has 4 heteroatoms. The molecule has 0 radical (unpaired) electrons. The van der Waals surface area contributed by atoms with Crippen molar-refractivity contribution in [2.24, 2.45) is 5.73 Å². The Morgan fingerprint density at radius 1 is 1.71 bits per heavy atom. The summed E-state index contributed by atoms with van der Waals surface area (Å²) in [4.78, 5) is 13.1. The van der Waals surface area contributed by atoms with Crippen LogP contribution in [0.4, 0.5) is 0 Å². The summed E-state index contributed by atoms with van der Waals surface area (Å²) in [6, 6.07) is -0.508. The molecule has 0 aromatic heterocycles.